The Hall–Kier alpha value is -4.16. The van der Waals surface area contributed by atoms with Gasteiger partial charge in [-0.3, -0.25) is 9.48 Å². The number of nitrogens with one attached hydrogen (secondary N) is 2. The fourth-order valence-corrected chi connectivity index (χ4v) is 4.24. The number of rotatable bonds is 15. The molecule has 0 aliphatic carbocycles. The minimum Gasteiger partial charge on any atom is -0.493 e. The third-order valence-corrected chi connectivity index (χ3v) is 6.09. The SMILES string of the molecule is CCCN(CCCO)CCCOc1ccc2c(Nc3cnn(CC(=O)Nc4cccc(F)c4F)c3)ncnc2c1. The first-order valence-electron chi connectivity index (χ1n) is 13.2. The second kappa shape index (κ2) is 14.3. The molecular weight excluding hydrogens is 520 g/mol. The highest BCUT2D eigenvalue weighted by atomic mass is 19.2. The number of halogens is 2. The first-order chi connectivity index (χ1) is 19.5. The zero-order chi connectivity index (χ0) is 28.3. The molecule has 4 aromatic rings. The quantitative estimate of drug-likeness (QED) is 0.186. The number of aliphatic hydroxyl groups excluding tert-OH is 1. The van der Waals surface area contributed by atoms with Gasteiger partial charge in [-0.15, -0.1) is 0 Å². The molecule has 2 aromatic carbocycles. The molecule has 2 heterocycles. The van der Waals surface area contributed by atoms with Gasteiger partial charge in [0, 0.05) is 37.3 Å². The monoisotopic (exact) mass is 553 g/mol. The second-order valence-electron chi connectivity index (χ2n) is 9.22. The molecule has 0 atom stereocenters. The molecule has 12 heteroatoms. The number of carbonyl (C=O) groups excluding carboxylic acids is 1. The van der Waals surface area contributed by atoms with E-state index in [1.54, 1.807) is 6.20 Å². The number of anilines is 3. The summed E-state index contributed by atoms with van der Waals surface area (Å²) < 4.78 is 34.5. The Morgan fingerprint density at radius 2 is 1.98 bits per heavy atom. The molecule has 0 unspecified atom stereocenters. The predicted octanol–water partition coefficient (Wildman–Crippen LogP) is 4.35. The number of amides is 1. The number of hydrogen-bond donors (Lipinski definition) is 3. The normalized spacial score (nSPS) is 11.2. The van der Waals surface area contributed by atoms with Crippen LogP contribution in [0.1, 0.15) is 26.2 Å². The Labute approximate surface area is 231 Å². The molecule has 0 fully saturated rings. The van der Waals surface area contributed by atoms with Crippen molar-refractivity contribution in [3.63, 3.8) is 0 Å². The van der Waals surface area contributed by atoms with Crippen molar-refractivity contribution < 1.29 is 23.4 Å². The van der Waals surface area contributed by atoms with Gasteiger partial charge in [-0.25, -0.2) is 18.7 Å². The summed E-state index contributed by atoms with van der Waals surface area (Å²) in [5.74, 6) is -1.44. The summed E-state index contributed by atoms with van der Waals surface area (Å²) in [6.45, 7) is 5.52. The van der Waals surface area contributed by atoms with Crippen molar-refractivity contribution in [1.29, 1.82) is 0 Å². The van der Waals surface area contributed by atoms with Gasteiger partial charge in [-0.2, -0.15) is 5.10 Å². The first kappa shape index (κ1) is 28.8. The van der Waals surface area contributed by atoms with Gasteiger partial charge in [0.2, 0.25) is 5.91 Å². The highest BCUT2D eigenvalue weighted by Gasteiger charge is 2.13. The number of ether oxygens (including phenoxy) is 1. The van der Waals surface area contributed by atoms with E-state index < -0.39 is 17.5 Å². The van der Waals surface area contributed by atoms with Crippen molar-refractivity contribution in [3.8, 4) is 5.75 Å². The minimum absolute atomic E-state index is 0.194. The average molecular weight is 554 g/mol. The van der Waals surface area contributed by atoms with Crippen LogP contribution in [-0.2, 0) is 11.3 Å². The molecule has 0 saturated carbocycles. The molecule has 2 aromatic heterocycles. The van der Waals surface area contributed by atoms with Crippen LogP contribution in [0.25, 0.3) is 10.9 Å². The Kier molecular flexibility index (Phi) is 10.3. The van der Waals surface area contributed by atoms with Crippen LogP contribution in [-0.4, -0.2) is 68.5 Å². The van der Waals surface area contributed by atoms with Gasteiger partial charge < -0.3 is 25.4 Å². The lowest BCUT2D eigenvalue weighted by Gasteiger charge is -2.21. The van der Waals surface area contributed by atoms with Gasteiger partial charge in [0.05, 0.1) is 29.7 Å². The van der Waals surface area contributed by atoms with E-state index in [0.717, 1.165) is 50.3 Å². The van der Waals surface area contributed by atoms with E-state index in [-0.39, 0.29) is 18.8 Å². The molecule has 40 heavy (non-hydrogen) atoms. The lowest BCUT2D eigenvalue weighted by Crippen LogP contribution is -2.28. The van der Waals surface area contributed by atoms with Crippen LogP contribution in [0, 0.1) is 11.6 Å². The highest BCUT2D eigenvalue weighted by Crippen LogP contribution is 2.26. The van der Waals surface area contributed by atoms with Gasteiger partial charge in [0.15, 0.2) is 11.6 Å². The second-order valence-corrected chi connectivity index (χ2v) is 9.22. The molecule has 0 bridgehead atoms. The van der Waals surface area contributed by atoms with Gasteiger partial charge in [-0.1, -0.05) is 13.0 Å². The van der Waals surface area contributed by atoms with Crippen molar-refractivity contribution in [2.75, 3.05) is 43.5 Å². The number of aliphatic hydroxyl groups is 1. The van der Waals surface area contributed by atoms with E-state index in [4.69, 9.17) is 9.84 Å². The van der Waals surface area contributed by atoms with E-state index in [0.29, 0.717) is 29.4 Å². The standard InChI is InChI=1S/C28H33F2N7O3/c1-2-10-36(11-4-13-38)12-5-14-40-21-8-9-22-25(15-21)31-19-32-28(22)34-20-16-33-37(17-20)18-26(39)35-24-7-3-6-23(29)27(24)30/h3,6-9,15-17,19,38H,2,4-5,10-14,18H2,1H3,(H,35,39)(H,31,32,34). The third-order valence-electron chi connectivity index (χ3n) is 6.09. The Morgan fingerprint density at radius 1 is 1.12 bits per heavy atom. The van der Waals surface area contributed by atoms with E-state index in [1.165, 1.54) is 29.3 Å². The summed E-state index contributed by atoms with van der Waals surface area (Å²) in [4.78, 5) is 23.3. The van der Waals surface area contributed by atoms with Crippen molar-refractivity contribution >= 4 is 34.0 Å². The van der Waals surface area contributed by atoms with Crippen molar-refractivity contribution in [3.05, 3.63) is 66.8 Å². The van der Waals surface area contributed by atoms with E-state index >= 15 is 0 Å². The summed E-state index contributed by atoms with van der Waals surface area (Å²) in [7, 11) is 0. The van der Waals surface area contributed by atoms with Crippen LogP contribution in [0.15, 0.2) is 55.1 Å². The maximum Gasteiger partial charge on any atom is 0.246 e. The molecule has 0 aliphatic heterocycles. The summed E-state index contributed by atoms with van der Waals surface area (Å²) in [6.07, 6.45) is 7.30. The molecule has 0 aliphatic rings. The molecule has 1 amide bonds. The zero-order valence-corrected chi connectivity index (χ0v) is 22.3. The lowest BCUT2D eigenvalue weighted by atomic mass is 10.2. The van der Waals surface area contributed by atoms with E-state index in [9.17, 15) is 13.6 Å². The Balaban J connectivity index is 1.32. The van der Waals surface area contributed by atoms with Gasteiger partial charge in [0.25, 0.3) is 0 Å². The maximum atomic E-state index is 13.8. The highest BCUT2D eigenvalue weighted by molar-refractivity contribution is 5.92. The van der Waals surface area contributed by atoms with Crippen molar-refractivity contribution in [1.82, 2.24) is 24.6 Å². The zero-order valence-electron chi connectivity index (χ0n) is 22.3. The van der Waals surface area contributed by atoms with Crippen LogP contribution in [0.5, 0.6) is 5.75 Å². The molecule has 3 N–H and O–H groups in total. The number of hydrogen-bond acceptors (Lipinski definition) is 8. The van der Waals surface area contributed by atoms with Gasteiger partial charge in [0.1, 0.15) is 24.4 Å². The Morgan fingerprint density at radius 3 is 2.80 bits per heavy atom. The first-order valence-corrected chi connectivity index (χ1v) is 13.2. The molecular formula is C28H33F2N7O3. The summed E-state index contributed by atoms with van der Waals surface area (Å²) in [5.41, 5.74) is 1.06. The fraction of sp³-hybridized carbons (Fsp3) is 0.357. The maximum absolute atomic E-state index is 13.8. The fourth-order valence-electron chi connectivity index (χ4n) is 4.24. The molecule has 10 nitrogen and oxygen atoms in total. The molecule has 0 radical (unpaired) electrons. The van der Waals surface area contributed by atoms with Crippen LogP contribution >= 0.6 is 0 Å². The lowest BCUT2D eigenvalue weighted by molar-refractivity contribution is -0.116. The van der Waals surface area contributed by atoms with Gasteiger partial charge >= 0.3 is 0 Å². The van der Waals surface area contributed by atoms with E-state index in [1.807, 2.05) is 18.2 Å². The molecule has 4 rings (SSSR count). The smallest absolute Gasteiger partial charge is 0.246 e. The summed E-state index contributed by atoms with van der Waals surface area (Å²) >= 11 is 0. The predicted molar refractivity (Wildman–Crippen MR) is 149 cm³/mol. The van der Waals surface area contributed by atoms with Crippen LogP contribution in [0.4, 0.5) is 26.0 Å². The summed E-state index contributed by atoms with van der Waals surface area (Å²) in [6, 6.07) is 9.18. The number of fused-ring (bicyclic) bond motifs is 1. The molecule has 0 saturated heterocycles. The van der Waals surface area contributed by atoms with Gasteiger partial charge in [-0.05, 0) is 50.1 Å². The van der Waals surface area contributed by atoms with Crippen molar-refractivity contribution in [2.45, 2.75) is 32.7 Å². The van der Waals surface area contributed by atoms with Crippen LogP contribution < -0.4 is 15.4 Å². The van der Waals surface area contributed by atoms with E-state index in [2.05, 4.69) is 37.5 Å². The number of aromatic nitrogens is 4. The topological polar surface area (TPSA) is 117 Å². The molecule has 0 spiro atoms. The number of nitrogens with zero attached hydrogens (tertiary/aromatic N) is 5. The number of carbonyl (C=O) groups is 1. The summed E-state index contributed by atoms with van der Waals surface area (Å²) in [5, 5.41) is 19.5. The Bertz CT molecular complexity index is 1420. The molecule has 212 valence electrons. The van der Waals surface area contributed by atoms with Crippen molar-refractivity contribution in [2.24, 2.45) is 0 Å². The minimum atomic E-state index is -1.12. The average Bonchev–Trinajstić information content (AvgIpc) is 3.38. The van der Waals surface area contributed by atoms with Crippen LogP contribution in [0.2, 0.25) is 0 Å². The number of benzene rings is 2. The third kappa shape index (κ3) is 7.93. The largest absolute Gasteiger partial charge is 0.493 e. The van der Waals surface area contributed by atoms with Crippen LogP contribution in [0.3, 0.4) is 0 Å².